The molecule has 26 heavy (non-hydrogen) atoms. The first-order chi connectivity index (χ1) is 12.6. The fourth-order valence-electron chi connectivity index (χ4n) is 3.87. The molecule has 1 saturated heterocycles. The van der Waals surface area contributed by atoms with Crippen molar-refractivity contribution in [2.45, 2.75) is 25.8 Å². The Morgan fingerprint density at radius 3 is 2.92 bits per heavy atom. The molecule has 0 saturated carbocycles. The molecular weight excluding hydrogens is 328 g/mol. The van der Waals surface area contributed by atoms with Crippen LogP contribution < -0.4 is 0 Å². The minimum atomic E-state index is 0.0207. The molecule has 2 atom stereocenters. The fourth-order valence-corrected chi connectivity index (χ4v) is 3.87. The van der Waals surface area contributed by atoms with Crippen LogP contribution in [0, 0.1) is 5.92 Å². The Kier molecular flexibility index (Phi) is 4.28. The van der Waals surface area contributed by atoms with Gasteiger partial charge >= 0.3 is 0 Å². The number of hydrogen-bond donors (Lipinski definition) is 2. The molecule has 2 N–H and O–H groups in total. The summed E-state index contributed by atoms with van der Waals surface area (Å²) in [6.07, 6.45) is 5.76. The lowest BCUT2D eigenvalue weighted by Crippen LogP contribution is -2.29. The zero-order valence-corrected chi connectivity index (χ0v) is 15.1. The third-order valence-electron chi connectivity index (χ3n) is 5.37. The minimum Gasteiger partial charge on any atom is -0.396 e. The van der Waals surface area contributed by atoms with Gasteiger partial charge in [0.1, 0.15) is 0 Å². The standard InChI is InChI=1S/C20H24N4O2/c1-13(2)24-10-14(8-22-24)18-11-23(9-15(18)12-25)20(26)17-4-3-5-19-16(17)6-7-21-19/h3-8,10,13,15,18,21,25H,9,11-12H2,1-2H3/t15-,18-/m0/s1. The maximum Gasteiger partial charge on any atom is 0.254 e. The molecular formula is C20H24N4O2. The second-order valence-electron chi connectivity index (χ2n) is 7.35. The van der Waals surface area contributed by atoms with Crippen molar-refractivity contribution in [3.8, 4) is 0 Å². The van der Waals surface area contributed by atoms with E-state index >= 15 is 0 Å². The van der Waals surface area contributed by atoms with Gasteiger partial charge in [0.05, 0.1) is 6.20 Å². The largest absolute Gasteiger partial charge is 0.396 e. The van der Waals surface area contributed by atoms with E-state index in [1.165, 1.54) is 0 Å². The Morgan fingerprint density at radius 2 is 2.19 bits per heavy atom. The molecule has 1 aliphatic rings. The van der Waals surface area contributed by atoms with Crippen LogP contribution in [-0.2, 0) is 0 Å². The number of carbonyl (C=O) groups is 1. The highest BCUT2D eigenvalue weighted by atomic mass is 16.3. The minimum absolute atomic E-state index is 0.0207. The molecule has 136 valence electrons. The number of aliphatic hydroxyl groups excluding tert-OH is 1. The summed E-state index contributed by atoms with van der Waals surface area (Å²) in [6, 6.07) is 7.97. The third kappa shape index (κ3) is 2.80. The van der Waals surface area contributed by atoms with E-state index in [9.17, 15) is 9.90 Å². The highest BCUT2D eigenvalue weighted by Gasteiger charge is 2.37. The van der Waals surface area contributed by atoms with E-state index < -0.39 is 0 Å². The van der Waals surface area contributed by atoms with Gasteiger partial charge in [0.15, 0.2) is 0 Å². The van der Waals surface area contributed by atoms with Crippen LogP contribution in [0.2, 0.25) is 0 Å². The zero-order valence-electron chi connectivity index (χ0n) is 15.1. The number of nitrogens with zero attached hydrogens (tertiary/aromatic N) is 3. The van der Waals surface area contributed by atoms with Gasteiger partial charge in [0.2, 0.25) is 0 Å². The summed E-state index contributed by atoms with van der Waals surface area (Å²) >= 11 is 0. The first-order valence-corrected chi connectivity index (χ1v) is 9.08. The first-order valence-electron chi connectivity index (χ1n) is 9.08. The Hall–Kier alpha value is -2.60. The van der Waals surface area contributed by atoms with Crippen molar-refractivity contribution in [1.29, 1.82) is 0 Å². The van der Waals surface area contributed by atoms with Crippen LogP contribution in [-0.4, -0.2) is 50.4 Å². The average Bonchev–Trinajstić information content (AvgIpc) is 3.38. The number of nitrogens with one attached hydrogen (secondary N) is 1. The number of amides is 1. The van der Waals surface area contributed by atoms with Crippen LogP contribution >= 0.6 is 0 Å². The summed E-state index contributed by atoms with van der Waals surface area (Å²) in [5, 5.41) is 15.2. The quantitative estimate of drug-likeness (QED) is 0.758. The van der Waals surface area contributed by atoms with E-state index in [-0.39, 0.29) is 24.3 Å². The number of H-pyrrole nitrogens is 1. The van der Waals surface area contributed by atoms with Gasteiger partial charge in [-0.15, -0.1) is 0 Å². The number of hydrogen-bond acceptors (Lipinski definition) is 3. The lowest BCUT2D eigenvalue weighted by Gasteiger charge is -2.17. The van der Waals surface area contributed by atoms with Crippen molar-refractivity contribution < 1.29 is 9.90 Å². The molecule has 0 spiro atoms. The first kappa shape index (κ1) is 16.8. The van der Waals surface area contributed by atoms with Gasteiger partial charge < -0.3 is 15.0 Å². The molecule has 6 nitrogen and oxygen atoms in total. The molecule has 4 rings (SSSR count). The molecule has 0 unspecified atom stereocenters. The molecule has 6 heteroatoms. The van der Waals surface area contributed by atoms with Crippen LogP contribution in [0.1, 0.15) is 41.7 Å². The number of fused-ring (bicyclic) bond motifs is 1. The van der Waals surface area contributed by atoms with Gasteiger partial charge in [-0.25, -0.2) is 0 Å². The predicted octanol–water partition coefficient (Wildman–Crippen LogP) is 2.79. The summed E-state index contributed by atoms with van der Waals surface area (Å²) in [5.74, 6) is 0.170. The summed E-state index contributed by atoms with van der Waals surface area (Å²) in [7, 11) is 0. The molecule has 1 fully saturated rings. The highest BCUT2D eigenvalue weighted by molar-refractivity contribution is 6.06. The average molecular weight is 352 g/mol. The Balaban J connectivity index is 1.60. The number of rotatable bonds is 4. The maximum atomic E-state index is 13.1. The molecule has 3 aromatic rings. The van der Waals surface area contributed by atoms with Crippen molar-refractivity contribution in [1.82, 2.24) is 19.7 Å². The summed E-state index contributed by atoms with van der Waals surface area (Å²) in [6.45, 7) is 5.41. The van der Waals surface area contributed by atoms with Gasteiger partial charge in [-0.1, -0.05) is 6.07 Å². The molecule has 1 aromatic carbocycles. The third-order valence-corrected chi connectivity index (χ3v) is 5.37. The van der Waals surface area contributed by atoms with Crippen molar-refractivity contribution >= 4 is 16.8 Å². The van der Waals surface area contributed by atoms with Crippen molar-refractivity contribution in [3.05, 3.63) is 54.0 Å². The summed E-state index contributed by atoms with van der Waals surface area (Å²) < 4.78 is 1.93. The SMILES string of the molecule is CC(C)n1cc([C@@H]2CN(C(=O)c3cccc4[nH]ccc34)C[C@H]2CO)cn1. The molecule has 0 bridgehead atoms. The number of aromatic amines is 1. The summed E-state index contributed by atoms with van der Waals surface area (Å²) in [4.78, 5) is 18.1. The maximum absolute atomic E-state index is 13.1. The smallest absolute Gasteiger partial charge is 0.254 e. The fraction of sp³-hybridized carbons (Fsp3) is 0.400. The number of aromatic nitrogens is 3. The molecule has 3 heterocycles. The van der Waals surface area contributed by atoms with Crippen LogP contribution in [0.25, 0.3) is 10.9 Å². The van der Waals surface area contributed by atoms with Gasteiger partial charge in [0, 0.05) is 66.4 Å². The Bertz CT molecular complexity index is 927. The zero-order chi connectivity index (χ0) is 18.3. The van der Waals surface area contributed by atoms with Crippen molar-refractivity contribution in [2.75, 3.05) is 19.7 Å². The van der Waals surface area contributed by atoms with E-state index in [0.717, 1.165) is 16.5 Å². The monoisotopic (exact) mass is 352 g/mol. The highest BCUT2D eigenvalue weighted by Crippen LogP contribution is 2.34. The van der Waals surface area contributed by atoms with E-state index in [0.29, 0.717) is 24.7 Å². The molecule has 0 aliphatic carbocycles. The lowest BCUT2D eigenvalue weighted by molar-refractivity contribution is 0.0783. The van der Waals surface area contributed by atoms with Gasteiger partial charge in [-0.05, 0) is 37.6 Å². The van der Waals surface area contributed by atoms with Gasteiger partial charge in [-0.2, -0.15) is 5.10 Å². The second kappa shape index (κ2) is 6.61. The lowest BCUT2D eigenvalue weighted by atomic mass is 9.92. The number of benzene rings is 1. The Morgan fingerprint density at radius 1 is 1.35 bits per heavy atom. The molecule has 1 amide bonds. The van der Waals surface area contributed by atoms with Crippen molar-refractivity contribution in [3.63, 3.8) is 0 Å². The van der Waals surface area contributed by atoms with Crippen LogP contribution in [0.4, 0.5) is 0 Å². The summed E-state index contributed by atoms with van der Waals surface area (Å²) in [5.41, 5.74) is 2.76. The van der Waals surface area contributed by atoms with Gasteiger partial charge in [-0.3, -0.25) is 9.48 Å². The van der Waals surface area contributed by atoms with Gasteiger partial charge in [0.25, 0.3) is 5.91 Å². The second-order valence-corrected chi connectivity index (χ2v) is 7.35. The molecule has 1 aliphatic heterocycles. The predicted molar refractivity (Wildman–Crippen MR) is 100 cm³/mol. The Labute approximate surface area is 152 Å². The van der Waals surface area contributed by atoms with Crippen LogP contribution in [0.3, 0.4) is 0 Å². The number of likely N-dealkylation sites (tertiary alicyclic amines) is 1. The normalized spacial score (nSPS) is 20.4. The number of carbonyl (C=O) groups excluding carboxylic acids is 1. The van der Waals surface area contributed by atoms with E-state index in [1.54, 1.807) is 0 Å². The van der Waals surface area contributed by atoms with E-state index in [4.69, 9.17) is 0 Å². The van der Waals surface area contributed by atoms with E-state index in [2.05, 4.69) is 23.9 Å². The van der Waals surface area contributed by atoms with Crippen LogP contribution in [0.15, 0.2) is 42.9 Å². The van der Waals surface area contributed by atoms with E-state index in [1.807, 2.05) is 52.4 Å². The topological polar surface area (TPSA) is 74.2 Å². The van der Waals surface area contributed by atoms with Crippen LogP contribution in [0.5, 0.6) is 0 Å². The molecule has 0 radical (unpaired) electrons. The van der Waals surface area contributed by atoms with Crippen molar-refractivity contribution in [2.24, 2.45) is 5.92 Å². The number of aliphatic hydroxyl groups is 1. The molecule has 2 aromatic heterocycles.